The van der Waals surface area contributed by atoms with Crippen LogP contribution in [0.4, 0.5) is 8.78 Å². The molecule has 2 aromatic heterocycles. The fourth-order valence-electron chi connectivity index (χ4n) is 1.05. The Morgan fingerprint density at radius 1 is 0.958 bits per heavy atom. The quantitative estimate of drug-likeness (QED) is 0.286. The largest absolute Gasteiger partial charge is 0.266 e. The molecule has 24 heavy (non-hydrogen) atoms. The number of aromatic nitrogens is 2. The van der Waals surface area contributed by atoms with Gasteiger partial charge in [-0.05, 0) is 30.2 Å². The molecule has 0 amide bonds. The molecule has 0 N–H and O–H groups in total. The molecule has 11 heteroatoms. The Hall–Kier alpha value is 0.380. The molecule has 2 nitrogen and oxygen atoms in total. The van der Waals surface area contributed by atoms with Crippen LogP contribution in [0.1, 0.15) is 11.1 Å². The molecule has 0 spiro atoms. The summed E-state index contributed by atoms with van der Waals surface area (Å²) in [6.07, 6.45) is 3.05. The highest BCUT2D eigenvalue weighted by atomic mass is 79.9. The molecule has 0 aliphatic heterocycles. The summed E-state index contributed by atoms with van der Waals surface area (Å²) < 4.78 is 23.3. The van der Waals surface area contributed by atoms with Gasteiger partial charge in [-0.3, -0.25) is 0 Å². The first-order chi connectivity index (χ1) is 10.9. The first kappa shape index (κ1) is 24.4. The minimum absolute atomic E-state index is 0.0689. The number of nitrogens with zero attached hydrogens (tertiary/aromatic N) is 2. The van der Waals surface area contributed by atoms with Crippen molar-refractivity contribution in [3.05, 3.63) is 57.6 Å². The van der Waals surface area contributed by atoms with Crippen LogP contribution in [0.3, 0.4) is 0 Å². The zero-order chi connectivity index (χ0) is 18.9. The Morgan fingerprint density at radius 2 is 1.38 bits per heavy atom. The third-order valence-electron chi connectivity index (χ3n) is 1.94. The fourth-order valence-corrected chi connectivity index (χ4v) is 1.56. The molecule has 134 valence electrons. The molecule has 0 aliphatic rings. The first-order valence-electron chi connectivity index (χ1n) is 5.83. The van der Waals surface area contributed by atoms with Crippen molar-refractivity contribution >= 4 is 85.5 Å². The van der Waals surface area contributed by atoms with Crippen LogP contribution in [-0.2, 0) is 5.33 Å². The van der Waals surface area contributed by atoms with E-state index in [1.165, 1.54) is 24.5 Å². The van der Waals surface area contributed by atoms with E-state index < -0.39 is 14.9 Å². The molecule has 0 saturated heterocycles. The van der Waals surface area contributed by atoms with Crippen LogP contribution in [-0.4, -0.2) is 13.2 Å². The zero-order valence-corrected chi connectivity index (χ0v) is 17.9. The molecule has 2 rings (SSSR count). The molecular formula is C13H9BrCl6F2N2. The Labute approximate surface area is 176 Å². The lowest BCUT2D eigenvalue weighted by atomic mass is 10.3. The van der Waals surface area contributed by atoms with Gasteiger partial charge in [0, 0.05) is 17.7 Å². The number of rotatable bonds is 1. The van der Waals surface area contributed by atoms with Crippen LogP contribution in [0, 0.1) is 18.6 Å². The van der Waals surface area contributed by atoms with E-state index in [4.69, 9.17) is 69.6 Å². The molecule has 0 atom stereocenters. The summed E-state index contributed by atoms with van der Waals surface area (Å²) in [6.45, 7) is 1.76. The van der Waals surface area contributed by atoms with Gasteiger partial charge in [-0.2, -0.15) is 0 Å². The van der Waals surface area contributed by atoms with Crippen molar-refractivity contribution in [2.75, 3.05) is 0 Å². The lowest BCUT2D eigenvalue weighted by Gasteiger charge is -1.94. The Bertz CT molecular complexity index is 649. The van der Waals surface area contributed by atoms with Crippen molar-refractivity contribution in [1.29, 1.82) is 0 Å². The second-order valence-electron chi connectivity index (χ2n) is 3.96. The molecule has 0 radical (unpaired) electrons. The van der Waals surface area contributed by atoms with Crippen LogP contribution < -0.4 is 0 Å². The molecule has 0 aromatic carbocycles. The van der Waals surface area contributed by atoms with E-state index in [1.807, 2.05) is 0 Å². The van der Waals surface area contributed by atoms with E-state index in [9.17, 15) is 8.78 Å². The van der Waals surface area contributed by atoms with Crippen molar-refractivity contribution in [3.63, 3.8) is 0 Å². The molecule has 2 heterocycles. The van der Waals surface area contributed by atoms with E-state index in [0.717, 1.165) is 11.1 Å². The molecule has 0 fully saturated rings. The maximum absolute atomic E-state index is 12.6. The van der Waals surface area contributed by atoms with Gasteiger partial charge in [0.25, 0.3) is 3.25 Å². The summed E-state index contributed by atoms with van der Waals surface area (Å²) in [7, 11) is 0. The van der Waals surface area contributed by atoms with Crippen molar-refractivity contribution in [3.8, 4) is 0 Å². The van der Waals surface area contributed by atoms with Gasteiger partial charge in [-0.25, -0.2) is 18.7 Å². The van der Waals surface area contributed by atoms with Gasteiger partial charge >= 0.3 is 0 Å². The average molecular weight is 524 g/mol. The Balaban J connectivity index is 0.000000351. The summed E-state index contributed by atoms with van der Waals surface area (Å²) in [5, 5.41) is 0.443. The van der Waals surface area contributed by atoms with E-state index in [2.05, 4.69) is 25.9 Å². The normalized spacial score (nSPS) is 10.2. The fraction of sp³-hybridized carbons (Fsp3) is 0.231. The number of hydrogen-bond donors (Lipinski definition) is 0. The van der Waals surface area contributed by atoms with Crippen LogP contribution in [0.2, 0.25) is 10.3 Å². The number of pyridine rings is 2. The molecule has 2 aromatic rings. The Morgan fingerprint density at radius 3 is 1.71 bits per heavy atom. The van der Waals surface area contributed by atoms with Crippen LogP contribution in [0.15, 0.2) is 24.5 Å². The summed E-state index contributed by atoms with van der Waals surface area (Å²) in [5.74, 6) is -0.935. The molecule has 0 unspecified atom stereocenters. The van der Waals surface area contributed by atoms with Gasteiger partial charge in [-0.15, -0.1) is 0 Å². The highest BCUT2D eigenvalue weighted by Crippen LogP contribution is 2.29. The predicted octanol–water partition coefficient (Wildman–Crippen LogP) is 7.50. The maximum Gasteiger partial charge on any atom is 0.266 e. The molecule has 0 aliphatic carbocycles. The summed E-state index contributed by atoms with van der Waals surface area (Å²) in [6, 6.07) is 2.69. The van der Waals surface area contributed by atoms with E-state index in [1.54, 1.807) is 6.92 Å². The summed E-state index contributed by atoms with van der Waals surface area (Å²) >= 11 is 33.1. The summed E-state index contributed by atoms with van der Waals surface area (Å²) in [4.78, 5) is 7.18. The minimum atomic E-state index is -1.61. The lowest BCUT2D eigenvalue weighted by molar-refractivity contribution is 0.620. The third-order valence-corrected chi connectivity index (χ3v) is 3.14. The lowest BCUT2D eigenvalue weighted by Crippen LogP contribution is -1.85. The topological polar surface area (TPSA) is 25.8 Å². The number of aryl methyl sites for hydroxylation is 1. The van der Waals surface area contributed by atoms with Crippen LogP contribution >= 0.6 is 85.5 Å². The molecule has 0 saturated carbocycles. The van der Waals surface area contributed by atoms with Gasteiger partial charge in [0.15, 0.2) is 21.9 Å². The van der Waals surface area contributed by atoms with Crippen LogP contribution in [0.25, 0.3) is 0 Å². The smallest absolute Gasteiger partial charge is 0.241 e. The van der Waals surface area contributed by atoms with Gasteiger partial charge < -0.3 is 0 Å². The van der Waals surface area contributed by atoms with E-state index in [-0.39, 0.29) is 10.3 Å². The maximum atomic E-state index is 12.6. The minimum Gasteiger partial charge on any atom is -0.241 e. The summed E-state index contributed by atoms with van der Waals surface area (Å²) in [5.41, 5.74) is 1.55. The Kier molecular flexibility index (Phi) is 12.1. The van der Waals surface area contributed by atoms with Crippen molar-refractivity contribution in [1.82, 2.24) is 9.97 Å². The van der Waals surface area contributed by atoms with Gasteiger partial charge in [0.2, 0.25) is 0 Å². The van der Waals surface area contributed by atoms with E-state index in [0.29, 0.717) is 5.33 Å². The van der Waals surface area contributed by atoms with Crippen molar-refractivity contribution in [2.45, 2.75) is 15.5 Å². The predicted molar refractivity (Wildman–Crippen MR) is 102 cm³/mol. The number of halogens is 9. The SMILES string of the molecule is Cc1cnc(Cl)c(F)c1.ClC(Cl)(Cl)Cl.Fc1cc(CBr)cnc1Cl. The average Bonchev–Trinajstić information content (AvgIpc) is 2.45. The van der Waals surface area contributed by atoms with Crippen molar-refractivity contribution in [2.24, 2.45) is 0 Å². The first-order valence-corrected chi connectivity index (χ1v) is 9.22. The highest BCUT2D eigenvalue weighted by Gasteiger charge is 2.11. The second kappa shape index (κ2) is 11.9. The third kappa shape index (κ3) is 12.7. The molecular weight excluding hydrogens is 515 g/mol. The zero-order valence-electron chi connectivity index (χ0n) is 11.8. The molecule has 0 bridgehead atoms. The van der Waals surface area contributed by atoms with E-state index >= 15 is 0 Å². The van der Waals surface area contributed by atoms with Gasteiger partial charge in [0.05, 0.1) is 0 Å². The van der Waals surface area contributed by atoms with Crippen LogP contribution in [0.5, 0.6) is 0 Å². The van der Waals surface area contributed by atoms with Crippen molar-refractivity contribution < 1.29 is 8.78 Å². The number of alkyl halides is 5. The standard InChI is InChI=1S/C6H4BrClFN.C6H5ClFN.CCl4/c7-2-4-1-5(9)6(8)10-3-4;1-4-2-5(8)6(7)9-3-4;2-1(3,4)5/h1,3H,2H2;2-3H,1H3;. The number of hydrogen-bond acceptors (Lipinski definition) is 2. The highest BCUT2D eigenvalue weighted by molar-refractivity contribution is 9.08. The van der Waals surface area contributed by atoms with Gasteiger partial charge in [0.1, 0.15) is 0 Å². The monoisotopic (exact) mass is 520 g/mol. The van der Waals surface area contributed by atoms with Gasteiger partial charge in [-0.1, -0.05) is 85.5 Å². The second-order valence-corrected chi connectivity index (χ2v) is 8.67.